The van der Waals surface area contributed by atoms with E-state index in [0.29, 0.717) is 42.2 Å². The standard InChI is InChI=1S/C25H31N9O2/c1-16-22(27)25(15-36-16)4-6-33(7-5-25)20-14-28-21-23(29-20)30-31-24(21)34-9-8-32(10-11-35)19-12-17(13-26)2-3-18(19)34/h2-3,12,14,16,22,35H,4-11,15,27H2,1H3,(H,29,30,31)/t16-,22+/m0/s1. The Morgan fingerprint density at radius 3 is 2.81 bits per heavy atom. The number of aliphatic hydroxyl groups excluding tert-OH is 1. The van der Waals surface area contributed by atoms with Crippen molar-refractivity contribution in [3.8, 4) is 6.07 Å². The predicted molar refractivity (Wildman–Crippen MR) is 136 cm³/mol. The second kappa shape index (κ2) is 8.89. The summed E-state index contributed by atoms with van der Waals surface area (Å²) < 4.78 is 5.85. The van der Waals surface area contributed by atoms with Crippen LogP contribution in [0.5, 0.6) is 0 Å². The highest BCUT2D eigenvalue weighted by Crippen LogP contribution is 2.42. The predicted octanol–water partition coefficient (Wildman–Crippen LogP) is 1.51. The van der Waals surface area contributed by atoms with E-state index in [0.717, 1.165) is 49.7 Å². The number of anilines is 4. The van der Waals surface area contributed by atoms with E-state index < -0.39 is 0 Å². The first-order valence-corrected chi connectivity index (χ1v) is 12.5. The Bertz CT molecular complexity index is 1310. The molecule has 0 amide bonds. The van der Waals surface area contributed by atoms with Gasteiger partial charge in [-0.2, -0.15) is 10.4 Å². The zero-order chi connectivity index (χ0) is 24.9. The van der Waals surface area contributed by atoms with Gasteiger partial charge in [0.1, 0.15) is 5.82 Å². The normalized spacial score (nSPS) is 23.3. The van der Waals surface area contributed by atoms with Crippen molar-refractivity contribution in [3.05, 3.63) is 30.0 Å². The van der Waals surface area contributed by atoms with Gasteiger partial charge >= 0.3 is 0 Å². The van der Waals surface area contributed by atoms with Gasteiger partial charge in [0.15, 0.2) is 17.0 Å². The fourth-order valence-electron chi connectivity index (χ4n) is 5.88. The number of aromatic nitrogens is 4. The zero-order valence-electron chi connectivity index (χ0n) is 20.4. The number of aromatic amines is 1. The highest BCUT2D eigenvalue weighted by atomic mass is 16.5. The maximum atomic E-state index is 9.51. The van der Waals surface area contributed by atoms with Crippen LogP contribution in [-0.2, 0) is 4.74 Å². The molecule has 188 valence electrons. The molecule has 0 unspecified atom stereocenters. The number of rotatable bonds is 4. The number of nitrogens with zero attached hydrogens (tertiary/aromatic N) is 7. The Labute approximate surface area is 209 Å². The van der Waals surface area contributed by atoms with Crippen LogP contribution in [0.15, 0.2) is 24.4 Å². The largest absolute Gasteiger partial charge is 0.395 e. The fourth-order valence-corrected chi connectivity index (χ4v) is 5.88. The number of nitriles is 1. The van der Waals surface area contributed by atoms with Gasteiger partial charge in [0.25, 0.3) is 0 Å². The van der Waals surface area contributed by atoms with Crippen molar-refractivity contribution in [3.63, 3.8) is 0 Å². The first-order chi connectivity index (χ1) is 17.5. The smallest absolute Gasteiger partial charge is 0.183 e. The third-order valence-electron chi connectivity index (χ3n) is 8.12. The monoisotopic (exact) mass is 489 g/mol. The lowest BCUT2D eigenvalue weighted by Crippen LogP contribution is -2.50. The number of H-pyrrole nitrogens is 1. The minimum atomic E-state index is 0.0470. The quantitative estimate of drug-likeness (QED) is 0.493. The average Bonchev–Trinajstić information content (AvgIpc) is 3.45. The van der Waals surface area contributed by atoms with Crippen LogP contribution in [0.1, 0.15) is 25.3 Å². The number of nitrogens with one attached hydrogen (secondary N) is 1. The van der Waals surface area contributed by atoms with Crippen LogP contribution in [0.25, 0.3) is 11.2 Å². The van der Waals surface area contributed by atoms with Gasteiger partial charge in [0.2, 0.25) is 0 Å². The lowest BCUT2D eigenvalue weighted by molar-refractivity contribution is 0.0974. The molecule has 0 saturated carbocycles. The van der Waals surface area contributed by atoms with E-state index in [1.165, 1.54) is 0 Å². The van der Waals surface area contributed by atoms with Crippen LogP contribution < -0.4 is 20.4 Å². The van der Waals surface area contributed by atoms with Crippen LogP contribution in [0.2, 0.25) is 0 Å². The molecule has 36 heavy (non-hydrogen) atoms. The van der Waals surface area contributed by atoms with Crippen LogP contribution >= 0.6 is 0 Å². The Hall–Kier alpha value is -3.46. The van der Waals surface area contributed by atoms with E-state index in [1.54, 1.807) is 6.07 Å². The van der Waals surface area contributed by atoms with Gasteiger partial charge in [-0.05, 0) is 38.0 Å². The second-order valence-electron chi connectivity index (χ2n) is 10.0. The van der Waals surface area contributed by atoms with Crippen LogP contribution in [0.3, 0.4) is 0 Å². The average molecular weight is 490 g/mol. The summed E-state index contributed by atoms with van der Waals surface area (Å²) in [7, 11) is 0. The molecule has 2 fully saturated rings. The Balaban J connectivity index is 1.26. The molecule has 0 radical (unpaired) electrons. The lowest BCUT2D eigenvalue weighted by Gasteiger charge is -2.41. The molecule has 3 aliphatic rings. The van der Waals surface area contributed by atoms with Gasteiger partial charge in [0, 0.05) is 44.2 Å². The molecule has 2 atom stereocenters. The first-order valence-electron chi connectivity index (χ1n) is 12.5. The van der Waals surface area contributed by atoms with Gasteiger partial charge in [-0.3, -0.25) is 5.10 Å². The summed E-state index contributed by atoms with van der Waals surface area (Å²) in [6.07, 6.45) is 3.89. The van der Waals surface area contributed by atoms with Gasteiger partial charge in [-0.15, -0.1) is 0 Å². The summed E-state index contributed by atoms with van der Waals surface area (Å²) in [6, 6.07) is 7.88. The molecule has 6 rings (SSSR count). The molecule has 1 spiro atoms. The van der Waals surface area contributed by atoms with Crippen molar-refractivity contribution in [2.75, 3.05) is 60.6 Å². The van der Waals surface area contributed by atoms with E-state index in [9.17, 15) is 10.4 Å². The summed E-state index contributed by atoms with van der Waals surface area (Å²) in [6.45, 7) is 6.46. The number of piperidine rings is 1. The van der Waals surface area contributed by atoms with Gasteiger partial charge in [0.05, 0.1) is 48.5 Å². The van der Waals surface area contributed by atoms with Crippen LogP contribution in [0.4, 0.5) is 23.0 Å². The van der Waals surface area contributed by atoms with Crippen molar-refractivity contribution in [2.24, 2.45) is 11.1 Å². The van der Waals surface area contributed by atoms with Gasteiger partial charge < -0.3 is 30.3 Å². The molecular weight excluding hydrogens is 458 g/mol. The lowest BCUT2D eigenvalue weighted by atomic mass is 9.73. The summed E-state index contributed by atoms with van der Waals surface area (Å²) >= 11 is 0. The van der Waals surface area contributed by atoms with Crippen LogP contribution in [-0.4, -0.2) is 83.4 Å². The molecule has 3 aromatic rings. The molecule has 0 aliphatic carbocycles. The molecule has 1 aromatic carbocycles. The fraction of sp³-hybridized carbons (Fsp3) is 0.520. The minimum Gasteiger partial charge on any atom is -0.395 e. The molecule has 5 heterocycles. The first kappa shape index (κ1) is 23.0. The summed E-state index contributed by atoms with van der Waals surface area (Å²) in [5, 5.41) is 26.6. The van der Waals surface area contributed by atoms with Crippen LogP contribution in [0, 0.1) is 16.7 Å². The van der Waals surface area contributed by atoms with Gasteiger partial charge in [-0.25, -0.2) is 9.97 Å². The maximum absolute atomic E-state index is 9.51. The Morgan fingerprint density at radius 1 is 1.25 bits per heavy atom. The molecule has 11 nitrogen and oxygen atoms in total. The number of fused-ring (bicyclic) bond motifs is 2. The number of aliphatic hydroxyl groups is 1. The highest BCUT2D eigenvalue weighted by Gasteiger charge is 2.47. The number of benzene rings is 1. The number of hydrogen-bond donors (Lipinski definition) is 3. The Kier molecular flexibility index (Phi) is 5.67. The third kappa shape index (κ3) is 3.64. The van der Waals surface area contributed by atoms with E-state index >= 15 is 0 Å². The highest BCUT2D eigenvalue weighted by molar-refractivity contribution is 5.90. The Morgan fingerprint density at radius 2 is 2.08 bits per heavy atom. The second-order valence-corrected chi connectivity index (χ2v) is 10.0. The zero-order valence-corrected chi connectivity index (χ0v) is 20.4. The van der Waals surface area contributed by atoms with Crippen molar-refractivity contribution >= 4 is 34.2 Å². The topological polar surface area (TPSA) is 143 Å². The van der Waals surface area contributed by atoms with E-state index in [2.05, 4.69) is 37.9 Å². The maximum Gasteiger partial charge on any atom is 0.183 e. The number of hydrogen-bond acceptors (Lipinski definition) is 10. The van der Waals surface area contributed by atoms with Gasteiger partial charge in [-0.1, -0.05) is 0 Å². The summed E-state index contributed by atoms with van der Waals surface area (Å²) in [5.74, 6) is 1.54. The SMILES string of the molecule is C[C@@H]1OCC2(CCN(c3cnc4c(N5CCN(CCO)c6cc(C#N)ccc65)n[nH]c4n3)CC2)[C@@H]1N. The molecular formula is C25H31N9O2. The summed E-state index contributed by atoms with van der Waals surface area (Å²) in [5.41, 5.74) is 10.3. The number of nitrogens with two attached hydrogens (primary N) is 1. The molecule has 2 aromatic heterocycles. The van der Waals surface area contributed by atoms with Crippen molar-refractivity contribution in [1.82, 2.24) is 20.2 Å². The van der Waals surface area contributed by atoms with Crippen molar-refractivity contribution in [1.29, 1.82) is 5.26 Å². The summed E-state index contributed by atoms with van der Waals surface area (Å²) in [4.78, 5) is 16.1. The molecule has 11 heteroatoms. The number of β-amino-alcohol motifs (C(OH)–C–C–N with tert-alkyl or cyclic N) is 1. The van der Waals surface area contributed by atoms with Crippen molar-refractivity contribution < 1.29 is 9.84 Å². The third-order valence-corrected chi connectivity index (χ3v) is 8.12. The van der Waals surface area contributed by atoms with Crippen molar-refractivity contribution in [2.45, 2.75) is 31.9 Å². The minimum absolute atomic E-state index is 0.0470. The molecule has 2 saturated heterocycles. The number of ether oxygens (including phenoxy) is 1. The van der Waals surface area contributed by atoms with E-state index in [-0.39, 0.29) is 24.2 Å². The molecule has 4 N–H and O–H groups in total. The molecule has 0 bridgehead atoms. The van der Waals surface area contributed by atoms with E-state index in [1.807, 2.05) is 18.3 Å². The van der Waals surface area contributed by atoms with E-state index in [4.69, 9.17) is 20.4 Å². The molecule has 3 aliphatic heterocycles.